The average Bonchev–Trinajstić information content (AvgIpc) is 2.28. The fourth-order valence-electron chi connectivity index (χ4n) is 1.36. The van der Waals surface area contributed by atoms with Gasteiger partial charge in [0.2, 0.25) is 0 Å². The van der Waals surface area contributed by atoms with Crippen molar-refractivity contribution in [1.82, 2.24) is 5.32 Å². The van der Waals surface area contributed by atoms with E-state index >= 15 is 0 Å². The number of hydrogen-bond donors (Lipinski definition) is 2. The number of alkyl carbamates (subject to hydrolysis) is 1. The van der Waals surface area contributed by atoms with E-state index in [1.807, 2.05) is 27.7 Å². The van der Waals surface area contributed by atoms with Crippen LogP contribution >= 0.6 is 0 Å². The number of carboxylic acids is 1. The van der Waals surface area contributed by atoms with E-state index in [9.17, 15) is 9.59 Å². The molecule has 0 heterocycles. The first-order valence-corrected chi connectivity index (χ1v) is 6.54. The molecule has 0 bridgehead atoms. The summed E-state index contributed by atoms with van der Waals surface area (Å²) < 4.78 is 4.89. The fourth-order valence-corrected chi connectivity index (χ4v) is 1.36. The van der Waals surface area contributed by atoms with Gasteiger partial charge in [-0.25, -0.2) is 9.59 Å². The summed E-state index contributed by atoms with van der Waals surface area (Å²) in [6, 6.07) is -0.878. The van der Waals surface area contributed by atoms with Crippen LogP contribution in [0.4, 0.5) is 4.79 Å². The Balaban J connectivity index is 4.19. The van der Waals surface area contributed by atoms with Crippen molar-refractivity contribution in [3.63, 3.8) is 0 Å². The van der Waals surface area contributed by atoms with Crippen LogP contribution in [0.15, 0.2) is 0 Å². The highest BCUT2D eigenvalue weighted by Crippen LogP contribution is 2.16. The Kier molecular flexibility index (Phi) is 8.16. The molecule has 2 unspecified atom stereocenters. The lowest BCUT2D eigenvalue weighted by molar-refractivity contribution is -0.139. The summed E-state index contributed by atoms with van der Waals surface area (Å²) in [5.74, 6) is -0.415. The molecular formula is C13H25NO4. The van der Waals surface area contributed by atoms with Crippen molar-refractivity contribution in [2.75, 3.05) is 6.61 Å². The fraction of sp³-hybridized carbons (Fsp3) is 0.846. The summed E-state index contributed by atoms with van der Waals surface area (Å²) in [6.07, 6.45) is 1.48. The van der Waals surface area contributed by atoms with Gasteiger partial charge in [0.1, 0.15) is 6.04 Å². The zero-order chi connectivity index (χ0) is 14.1. The van der Waals surface area contributed by atoms with Gasteiger partial charge in [0, 0.05) is 0 Å². The van der Waals surface area contributed by atoms with E-state index in [-0.39, 0.29) is 5.92 Å². The number of hydrogen-bond acceptors (Lipinski definition) is 3. The molecule has 0 aliphatic heterocycles. The first kappa shape index (κ1) is 16.7. The lowest BCUT2D eigenvalue weighted by atomic mass is 9.91. The molecule has 0 rings (SSSR count). The van der Waals surface area contributed by atoms with Crippen LogP contribution in [0.2, 0.25) is 0 Å². The molecule has 0 aromatic heterocycles. The molecule has 5 nitrogen and oxygen atoms in total. The summed E-state index contributed by atoms with van der Waals surface area (Å²) in [6.45, 7) is 8.36. The topological polar surface area (TPSA) is 75.6 Å². The van der Waals surface area contributed by atoms with E-state index in [0.717, 1.165) is 12.8 Å². The van der Waals surface area contributed by atoms with Crippen LogP contribution < -0.4 is 5.32 Å². The van der Waals surface area contributed by atoms with Gasteiger partial charge < -0.3 is 15.2 Å². The summed E-state index contributed by atoms with van der Waals surface area (Å²) >= 11 is 0. The molecule has 2 atom stereocenters. The molecule has 0 aromatic carbocycles. The maximum atomic E-state index is 11.4. The lowest BCUT2D eigenvalue weighted by Gasteiger charge is -2.21. The van der Waals surface area contributed by atoms with Gasteiger partial charge in [-0.1, -0.05) is 34.1 Å². The Morgan fingerprint density at radius 1 is 1.28 bits per heavy atom. The summed E-state index contributed by atoms with van der Waals surface area (Å²) in [4.78, 5) is 22.4. The SMILES string of the molecule is CCCCOC(=O)NC(CC(C)C(C)C)C(=O)O. The Bertz CT molecular complexity index is 266. The summed E-state index contributed by atoms with van der Waals surface area (Å²) in [7, 11) is 0. The van der Waals surface area contributed by atoms with Gasteiger partial charge in [-0.05, 0) is 24.7 Å². The third kappa shape index (κ3) is 7.14. The zero-order valence-corrected chi connectivity index (χ0v) is 11.7. The van der Waals surface area contributed by atoms with Crippen molar-refractivity contribution >= 4 is 12.1 Å². The van der Waals surface area contributed by atoms with Crippen LogP contribution in [0.3, 0.4) is 0 Å². The average molecular weight is 259 g/mol. The van der Waals surface area contributed by atoms with Gasteiger partial charge in [0.05, 0.1) is 6.61 Å². The van der Waals surface area contributed by atoms with Crippen LogP contribution in [0.5, 0.6) is 0 Å². The molecule has 2 N–H and O–H groups in total. The second-order valence-corrected chi connectivity index (χ2v) is 4.98. The van der Waals surface area contributed by atoms with Crippen LogP contribution in [0.1, 0.15) is 47.0 Å². The number of amides is 1. The lowest BCUT2D eigenvalue weighted by Crippen LogP contribution is -2.42. The third-order valence-electron chi connectivity index (χ3n) is 3.07. The molecule has 0 aliphatic rings. The quantitative estimate of drug-likeness (QED) is 0.657. The minimum atomic E-state index is -1.02. The molecule has 106 valence electrons. The van der Waals surface area contributed by atoms with Crippen molar-refractivity contribution in [3.8, 4) is 0 Å². The van der Waals surface area contributed by atoms with Gasteiger partial charge in [-0.15, -0.1) is 0 Å². The Hall–Kier alpha value is -1.26. The van der Waals surface area contributed by atoms with Crippen LogP contribution in [-0.2, 0) is 9.53 Å². The Morgan fingerprint density at radius 2 is 1.89 bits per heavy atom. The third-order valence-corrected chi connectivity index (χ3v) is 3.07. The van der Waals surface area contributed by atoms with Gasteiger partial charge in [-0.2, -0.15) is 0 Å². The van der Waals surface area contributed by atoms with E-state index in [4.69, 9.17) is 9.84 Å². The number of carbonyl (C=O) groups excluding carboxylic acids is 1. The molecule has 0 saturated carbocycles. The van der Waals surface area contributed by atoms with Crippen molar-refractivity contribution in [3.05, 3.63) is 0 Å². The van der Waals surface area contributed by atoms with E-state index in [2.05, 4.69) is 5.32 Å². The van der Waals surface area contributed by atoms with Crippen LogP contribution in [-0.4, -0.2) is 29.8 Å². The largest absolute Gasteiger partial charge is 0.480 e. The predicted molar refractivity (Wildman–Crippen MR) is 69.4 cm³/mol. The zero-order valence-electron chi connectivity index (χ0n) is 11.7. The van der Waals surface area contributed by atoms with E-state index in [0.29, 0.717) is 18.9 Å². The highest BCUT2D eigenvalue weighted by atomic mass is 16.5. The number of aliphatic carboxylic acids is 1. The molecule has 5 heteroatoms. The smallest absolute Gasteiger partial charge is 0.407 e. The van der Waals surface area contributed by atoms with Crippen molar-refractivity contribution in [2.24, 2.45) is 11.8 Å². The maximum absolute atomic E-state index is 11.4. The molecule has 0 spiro atoms. The molecule has 0 radical (unpaired) electrons. The summed E-state index contributed by atoms with van der Waals surface area (Å²) in [5.41, 5.74) is 0. The van der Waals surface area contributed by atoms with E-state index < -0.39 is 18.1 Å². The maximum Gasteiger partial charge on any atom is 0.407 e. The van der Waals surface area contributed by atoms with Gasteiger partial charge in [-0.3, -0.25) is 0 Å². The standard InChI is InChI=1S/C13H25NO4/c1-5-6-7-18-13(17)14-11(12(15)16)8-10(4)9(2)3/h9-11H,5-8H2,1-4H3,(H,14,17)(H,15,16). The van der Waals surface area contributed by atoms with Crippen molar-refractivity contribution in [1.29, 1.82) is 0 Å². The number of carbonyl (C=O) groups is 2. The Labute approximate surface area is 109 Å². The summed E-state index contributed by atoms with van der Waals surface area (Å²) in [5, 5.41) is 11.5. The number of carboxylic acid groups (broad SMARTS) is 1. The number of ether oxygens (including phenoxy) is 1. The minimum absolute atomic E-state index is 0.224. The van der Waals surface area contributed by atoms with Gasteiger partial charge in [0.15, 0.2) is 0 Å². The molecule has 1 amide bonds. The van der Waals surface area contributed by atoms with Gasteiger partial charge >= 0.3 is 12.1 Å². The molecule has 0 aromatic rings. The number of nitrogens with one attached hydrogen (secondary N) is 1. The van der Waals surface area contributed by atoms with Crippen LogP contribution in [0.25, 0.3) is 0 Å². The van der Waals surface area contributed by atoms with E-state index in [1.54, 1.807) is 0 Å². The number of rotatable bonds is 8. The molecule has 0 saturated heterocycles. The highest BCUT2D eigenvalue weighted by Gasteiger charge is 2.24. The highest BCUT2D eigenvalue weighted by molar-refractivity contribution is 5.79. The molecule has 0 aliphatic carbocycles. The normalized spacial score (nSPS) is 14.1. The molecule has 18 heavy (non-hydrogen) atoms. The Morgan fingerprint density at radius 3 is 2.33 bits per heavy atom. The number of unbranched alkanes of at least 4 members (excludes halogenated alkanes) is 1. The second-order valence-electron chi connectivity index (χ2n) is 4.98. The first-order chi connectivity index (χ1) is 8.38. The van der Waals surface area contributed by atoms with Crippen molar-refractivity contribution in [2.45, 2.75) is 53.0 Å². The van der Waals surface area contributed by atoms with Crippen LogP contribution in [0, 0.1) is 11.8 Å². The van der Waals surface area contributed by atoms with Gasteiger partial charge in [0.25, 0.3) is 0 Å². The predicted octanol–water partition coefficient (Wildman–Crippen LogP) is 2.65. The molecular weight excluding hydrogens is 234 g/mol. The molecule has 0 fully saturated rings. The first-order valence-electron chi connectivity index (χ1n) is 6.54. The second kappa shape index (κ2) is 8.78. The van der Waals surface area contributed by atoms with E-state index in [1.165, 1.54) is 0 Å². The minimum Gasteiger partial charge on any atom is -0.480 e. The van der Waals surface area contributed by atoms with Crippen molar-refractivity contribution < 1.29 is 19.4 Å². The monoisotopic (exact) mass is 259 g/mol.